The van der Waals surface area contributed by atoms with E-state index < -0.39 is 0 Å². The molecule has 6 nitrogen and oxygen atoms in total. The number of rotatable bonds is 6. The Kier molecular flexibility index (Phi) is 5.60. The van der Waals surface area contributed by atoms with E-state index in [-0.39, 0.29) is 5.91 Å². The number of ether oxygens (including phenoxy) is 1. The molecule has 0 radical (unpaired) electrons. The van der Waals surface area contributed by atoms with Gasteiger partial charge in [-0.15, -0.1) is 11.3 Å². The van der Waals surface area contributed by atoms with Crippen LogP contribution in [0.15, 0.2) is 59.0 Å². The normalized spacial score (nSPS) is 10.7. The second-order valence-corrected chi connectivity index (χ2v) is 6.37. The highest BCUT2D eigenvalue weighted by molar-refractivity contribution is 7.13. The maximum absolute atomic E-state index is 11.1. The Balaban J connectivity index is 1.69. The first kappa shape index (κ1) is 17.6. The summed E-state index contributed by atoms with van der Waals surface area (Å²) in [5, 5.41) is 9.64. The average molecular weight is 366 g/mol. The molecule has 7 heteroatoms. The zero-order valence-corrected chi connectivity index (χ0v) is 15.2. The summed E-state index contributed by atoms with van der Waals surface area (Å²) in [7, 11) is 0. The zero-order chi connectivity index (χ0) is 18.4. The van der Waals surface area contributed by atoms with Crippen molar-refractivity contribution in [2.24, 2.45) is 5.10 Å². The van der Waals surface area contributed by atoms with Gasteiger partial charge in [0, 0.05) is 23.6 Å². The summed E-state index contributed by atoms with van der Waals surface area (Å²) >= 11 is 1.50. The maximum atomic E-state index is 11.1. The lowest BCUT2D eigenvalue weighted by Gasteiger charge is -2.09. The third-order valence-electron chi connectivity index (χ3n) is 3.30. The first-order valence-corrected chi connectivity index (χ1v) is 8.84. The summed E-state index contributed by atoms with van der Waals surface area (Å²) in [6.07, 6.45) is 1.69. The molecule has 0 aliphatic rings. The molecule has 3 rings (SSSR count). The second kappa shape index (κ2) is 8.26. The fourth-order valence-corrected chi connectivity index (χ4v) is 2.82. The van der Waals surface area contributed by atoms with Gasteiger partial charge in [0.25, 0.3) is 0 Å². The van der Waals surface area contributed by atoms with E-state index in [1.165, 1.54) is 18.3 Å². The van der Waals surface area contributed by atoms with Crippen molar-refractivity contribution in [3.05, 3.63) is 65.2 Å². The van der Waals surface area contributed by atoms with E-state index in [0.29, 0.717) is 11.5 Å². The molecule has 0 aliphatic carbocycles. The van der Waals surface area contributed by atoms with Crippen molar-refractivity contribution in [1.29, 1.82) is 0 Å². The molecule has 2 N–H and O–H groups in total. The fourth-order valence-electron chi connectivity index (χ4n) is 2.18. The van der Waals surface area contributed by atoms with Crippen molar-refractivity contribution in [3.63, 3.8) is 0 Å². The fraction of sp³-hybridized carbons (Fsp3) is 0.105. The van der Waals surface area contributed by atoms with Crippen molar-refractivity contribution < 1.29 is 9.53 Å². The van der Waals surface area contributed by atoms with Crippen molar-refractivity contribution in [2.75, 3.05) is 10.7 Å². The van der Waals surface area contributed by atoms with Gasteiger partial charge in [-0.25, -0.2) is 4.98 Å². The molecule has 0 fully saturated rings. The summed E-state index contributed by atoms with van der Waals surface area (Å²) < 4.78 is 5.93. The van der Waals surface area contributed by atoms with Gasteiger partial charge < -0.3 is 10.1 Å². The van der Waals surface area contributed by atoms with Crippen molar-refractivity contribution in [3.8, 4) is 11.5 Å². The molecule has 26 heavy (non-hydrogen) atoms. The van der Waals surface area contributed by atoms with Crippen LogP contribution in [0.4, 0.5) is 10.8 Å². The van der Waals surface area contributed by atoms with E-state index in [4.69, 9.17) is 4.74 Å². The molecule has 132 valence electrons. The number of anilines is 2. The molecule has 0 spiro atoms. The third-order valence-corrected chi connectivity index (χ3v) is 4.17. The monoisotopic (exact) mass is 366 g/mol. The number of nitrogens with zero attached hydrogens (tertiary/aromatic N) is 2. The lowest BCUT2D eigenvalue weighted by atomic mass is 10.2. The van der Waals surface area contributed by atoms with Crippen LogP contribution < -0.4 is 15.5 Å². The minimum atomic E-state index is -0.108. The molecule has 0 unspecified atom stereocenters. The number of aryl methyl sites for hydroxylation is 1. The first-order valence-electron chi connectivity index (χ1n) is 7.96. The van der Waals surface area contributed by atoms with E-state index in [1.807, 2.05) is 36.6 Å². The van der Waals surface area contributed by atoms with Crippen LogP contribution in [0.1, 0.15) is 18.2 Å². The van der Waals surface area contributed by atoms with Crippen LogP contribution in [0.5, 0.6) is 11.5 Å². The molecule has 0 atom stereocenters. The van der Waals surface area contributed by atoms with Gasteiger partial charge in [-0.3, -0.25) is 10.2 Å². The molecular formula is C19H18N4O2S. The smallest absolute Gasteiger partial charge is 0.221 e. The first-order chi connectivity index (χ1) is 12.6. The SMILES string of the molecule is CC(=O)Nc1ccc(Oc2ccccc2C=NNc2nc(C)cs2)cc1. The summed E-state index contributed by atoms with van der Waals surface area (Å²) in [6.45, 7) is 3.41. The number of carbonyl (C=O) groups is 1. The van der Waals surface area contributed by atoms with Gasteiger partial charge in [-0.05, 0) is 43.3 Å². The molecule has 0 bridgehead atoms. The van der Waals surface area contributed by atoms with Crippen LogP contribution in [0, 0.1) is 6.92 Å². The van der Waals surface area contributed by atoms with Crippen LogP contribution >= 0.6 is 11.3 Å². The second-order valence-electron chi connectivity index (χ2n) is 5.51. The van der Waals surface area contributed by atoms with Gasteiger partial charge >= 0.3 is 0 Å². The predicted molar refractivity (Wildman–Crippen MR) is 105 cm³/mol. The average Bonchev–Trinajstić information content (AvgIpc) is 3.03. The highest BCUT2D eigenvalue weighted by atomic mass is 32.1. The van der Waals surface area contributed by atoms with E-state index >= 15 is 0 Å². The van der Waals surface area contributed by atoms with Gasteiger partial charge in [0.1, 0.15) is 11.5 Å². The lowest BCUT2D eigenvalue weighted by Crippen LogP contribution is -2.05. The van der Waals surface area contributed by atoms with E-state index in [1.54, 1.807) is 30.5 Å². The highest BCUT2D eigenvalue weighted by Gasteiger charge is 2.04. The van der Waals surface area contributed by atoms with Gasteiger partial charge in [-0.2, -0.15) is 5.10 Å². The number of hydrazone groups is 1. The van der Waals surface area contributed by atoms with Crippen molar-refractivity contribution in [1.82, 2.24) is 4.98 Å². The van der Waals surface area contributed by atoms with Crippen molar-refractivity contribution in [2.45, 2.75) is 13.8 Å². The lowest BCUT2D eigenvalue weighted by molar-refractivity contribution is -0.114. The number of amides is 1. The minimum Gasteiger partial charge on any atom is -0.457 e. The third kappa shape index (κ3) is 4.90. The number of hydrogen-bond donors (Lipinski definition) is 2. The van der Waals surface area contributed by atoms with Gasteiger partial charge in [0.2, 0.25) is 11.0 Å². The Morgan fingerprint density at radius 1 is 1.19 bits per heavy atom. The summed E-state index contributed by atoms with van der Waals surface area (Å²) in [5.41, 5.74) is 5.43. The quantitative estimate of drug-likeness (QED) is 0.492. The topological polar surface area (TPSA) is 75.6 Å². The van der Waals surface area contributed by atoms with Gasteiger partial charge in [0.05, 0.1) is 11.9 Å². The Morgan fingerprint density at radius 2 is 1.96 bits per heavy atom. The van der Waals surface area contributed by atoms with Crippen LogP contribution in [-0.4, -0.2) is 17.1 Å². The molecule has 3 aromatic rings. The van der Waals surface area contributed by atoms with Crippen LogP contribution in [0.2, 0.25) is 0 Å². The van der Waals surface area contributed by atoms with Gasteiger partial charge in [-0.1, -0.05) is 12.1 Å². The number of nitrogens with one attached hydrogen (secondary N) is 2. The minimum absolute atomic E-state index is 0.108. The number of aromatic nitrogens is 1. The molecule has 2 aromatic carbocycles. The van der Waals surface area contributed by atoms with E-state index in [2.05, 4.69) is 20.8 Å². The van der Waals surface area contributed by atoms with Crippen molar-refractivity contribution >= 4 is 34.3 Å². The summed E-state index contributed by atoms with van der Waals surface area (Å²) in [5.74, 6) is 1.24. The largest absolute Gasteiger partial charge is 0.457 e. The number of hydrogen-bond acceptors (Lipinski definition) is 6. The standard InChI is InChI=1S/C19H18N4O2S/c1-13-12-26-19(21-13)23-20-11-15-5-3-4-6-18(15)25-17-9-7-16(8-10-17)22-14(2)24/h3-12H,1-2H3,(H,21,23)(H,22,24). The van der Waals surface area contributed by atoms with Crippen LogP contribution in [-0.2, 0) is 4.79 Å². The Morgan fingerprint density at radius 3 is 2.65 bits per heavy atom. The van der Waals surface area contributed by atoms with E-state index in [9.17, 15) is 4.79 Å². The molecule has 1 amide bonds. The molecule has 0 saturated carbocycles. The molecular weight excluding hydrogens is 348 g/mol. The van der Waals surface area contributed by atoms with Gasteiger partial charge in [0.15, 0.2) is 0 Å². The summed E-state index contributed by atoms with van der Waals surface area (Å²) in [6, 6.07) is 14.8. The summed E-state index contributed by atoms with van der Waals surface area (Å²) in [4.78, 5) is 15.4. The molecule has 0 aliphatic heterocycles. The Bertz CT molecular complexity index is 919. The highest BCUT2D eigenvalue weighted by Crippen LogP contribution is 2.25. The molecule has 1 aromatic heterocycles. The Labute approximate surface area is 155 Å². The number of thiazole rings is 1. The number of para-hydroxylation sites is 1. The maximum Gasteiger partial charge on any atom is 0.221 e. The molecule has 0 saturated heterocycles. The van der Waals surface area contributed by atoms with Crippen LogP contribution in [0.25, 0.3) is 0 Å². The zero-order valence-electron chi connectivity index (χ0n) is 14.4. The van der Waals surface area contributed by atoms with E-state index in [0.717, 1.165) is 22.1 Å². The van der Waals surface area contributed by atoms with Crippen LogP contribution in [0.3, 0.4) is 0 Å². The number of benzene rings is 2. The Hall–Kier alpha value is -3.19. The molecule has 1 heterocycles. The number of carbonyl (C=O) groups excluding carboxylic acids is 1. The predicted octanol–water partition coefficient (Wildman–Crippen LogP) is 4.65.